The Bertz CT molecular complexity index is 222. The van der Waals surface area contributed by atoms with Crippen LogP contribution in [0.4, 0.5) is 0 Å². The summed E-state index contributed by atoms with van der Waals surface area (Å²) in [6, 6.07) is 0.732. The molecule has 3 unspecified atom stereocenters. The van der Waals surface area contributed by atoms with Gasteiger partial charge < -0.3 is 10.1 Å². The molecule has 0 spiro atoms. The second-order valence-corrected chi connectivity index (χ2v) is 5.73. The van der Waals surface area contributed by atoms with Gasteiger partial charge in [-0.3, -0.25) is 4.90 Å². The van der Waals surface area contributed by atoms with Crippen molar-refractivity contribution in [2.75, 3.05) is 33.3 Å². The average molecular weight is 240 g/mol. The van der Waals surface area contributed by atoms with Crippen LogP contribution in [0.5, 0.6) is 0 Å². The first-order valence-corrected chi connectivity index (χ1v) is 7.31. The van der Waals surface area contributed by atoms with E-state index in [-0.39, 0.29) is 0 Å². The number of ether oxygens (including phenoxy) is 1. The number of nitrogens with one attached hydrogen (secondary N) is 1. The van der Waals surface area contributed by atoms with Crippen molar-refractivity contribution >= 4 is 0 Å². The molecule has 0 aromatic heterocycles. The van der Waals surface area contributed by atoms with Gasteiger partial charge in [-0.1, -0.05) is 19.3 Å². The fraction of sp³-hybridized carbons (Fsp3) is 1.00. The van der Waals surface area contributed by atoms with Gasteiger partial charge in [0, 0.05) is 25.7 Å². The van der Waals surface area contributed by atoms with Gasteiger partial charge in [0.2, 0.25) is 0 Å². The van der Waals surface area contributed by atoms with Crippen LogP contribution in [-0.2, 0) is 4.74 Å². The highest BCUT2D eigenvalue weighted by Crippen LogP contribution is 2.24. The molecule has 1 saturated carbocycles. The number of hydrogen-bond acceptors (Lipinski definition) is 3. The molecule has 0 aromatic carbocycles. The average Bonchev–Trinajstić information content (AvgIpc) is 2.54. The molecule has 2 rings (SSSR count). The Kier molecular flexibility index (Phi) is 5.26. The van der Waals surface area contributed by atoms with E-state index in [0.29, 0.717) is 6.10 Å². The van der Waals surface area contributed by atoms with E-state index >= 15 is 0 Å². The molecular formula is C14H28N2O. The summed E-state index contributed by atoms with van der Waals surface area (Å²) in [6.45, 7) is 6.61. The summed E-state index contributed by atoms with van der Waals surface area (Å²) in [7, 11) is 2.13. The first-order chi connectivity index (χ1) is 8.29. The van der Waals surface area contributed by atoms with Gasteiger partial charge in [-0.25, -0.2) is 0 Å². The maximum Gasteiger partial charge on any atom is 0.0674 e. The molecule has 17 heavy (non-hydrogen) atoms. The van der Waals surface area contributed by atoms with Crippen LogP contribution in [-0.4, -0.2) is 50.3 Å². The largest absolute Gasteiger partial charge is 0.376 e. The van der Waals surface area contributed by atoms with Gasteiger partial charge in [0.05, 0.1) is 12.7 Å². The summed E-state index contributed by atoms with van der Waals surface area (Å²) >= 11 is 0. The summed E-state index contributed by atoms with van der Waals surface area (Å²) in [5.74, 6) is 0.841. The minimum absolute atomic E-state index is 0.419. The van der Waals surface area contributed by atoms with Crippen molar-refractivity contribution in [1.82, 2.24) is 10.2 Å². The topological polar surface area (TPSA) is 24.5 Å². The molecule has 0 aromatic rings. The Morgan fingerprint density at radius 2 is 2.06 bits per heavy atom. The minimum atomic E-state index is 0.419. The molecule has 2 fully saturated rings. The van der Waals surface area contributed by atoms with Gasteiger partial charge in [-0.2, -0.15) is 0 Å². The molecule has 100 valence electrons. The Labute approximate surface area is 106 Å². The summed E-state index contributed by atoms with van der Waals surface area (Å²) in [6.07, 6.45) is 7.43. The highest BCUT2D eigenvalue weighted by molar-refractivity contribution is 4.82. The predicted octanol–water partition coefficient (Wildman–Crippen LogP) is 1.88. The van der Waals surface area contributed by atoms with E-state index in [2.05, 4.69) is 24.2 Å². The summed E-state index contributed by atoms with van der Waals surface area (Å²) in [5.41, 5.74) is 0. The van der Waals surface area contributed by atoms with Crippen LogP contribution in [0.3, 0.4) is 0 Å². The first-order valence-electron chi connectivity index (χ1n) is 7.31. The highest BCUT2D eigenvalue weighted by Gasteiger charge is 2.26. The van der Waals surface area contributed by atoms with Crippen molar-refractivity contribution in [2.24, 2.45) is 5.92 Å². The van der Waals surface area contributed by atoms with Crippen molar-refractivity contribution in [1.29, 1.82) is 0 Å². The Balaban J connectivity index is 1.85. The standard InChI is InChI=1S/C14H28N2O/c1-12-10-16(8-9-17-12)11-13-6-4-3-5-7-14(13)15-2/h12-15H,3-11H2,1-2H3. The smallest absolute Gasteiger partial charge is 0.0674 e. The zero-order chi connectivity index (χ0) is 12.1. The quantitative estimate of drug-likeness (QED) is 0.762. The maximum absolute atomic E-state index is 5.62. The number of nitrogens with zero attached hydrogens (tertiary/aromatic N) is 1. The lowest BCUT2D eigenvalue weighted by atomic mass is 9.94. The molecule has 0 radical (unpaired) electrons. The summed E-state index contributed by atoms with van der Waals surface area (Å²) in [5, 5.41) is 3.54. The third kappa shape index (κ3) is 3.94. The molecule has 1 N–H and O–H groups in total. The van der Waals surface area contributed by atoms with Crippen LogP contribution in [0, 0.1) is 5.92 Å². The van der Waals surface area contributed by atoms with Crippen molar-refractivity contribution in [3.8, 4) is 0 Å². The van der Waals surface area contributed by atoms with Crippen LogP contribution in [0.2, 0.25) is 0 Å². The number of hydrogen-bond donors (Lipinski definition) is 1. The van der Waals surface area contributed by atoms with Crippen molar-refractivity contribution in [2.45, 2.75) is 51.2 Å². The van der Waals surface area contributed by atoms with Gasteiger partial charge >= 0.3 is 0 Å². The van der Waals surface area contributed by atoms with Gasteiger partial charge in [-0.15, -0.1) is 0 Å². The highest BCUT2D eigenvalue weighted by atomic mass is 16.5. The molecule has 1 aliphatic carbocycles. The number of morpholine rings is 1. The second kappa shape index (κ2) is 6.72. The predicted molar refractivity (Wildman–Crippen MR) is 71.3 cm³/mol. The van der Waals surface area contributed by atoms with E-state index in [4.69, 9.17) is 4.74 Å². The van der Waals surface area contributed by atoms with Gasteiger partial charge in [0.15, 0.2) is 0 Å². The van der Waals surface area contributed by atoms with E-state index in [1.807, 2.05) is 0 Å². The van der Waals surface area contributed by atoms with Crippen LogP contribution in [0.15, 0.2) is 0 Å². The van der Waals surface area contributed by atoms with E-state index in [1.54, 1.807) is 0 Å². The zero-order valence-electron chi connectivity index (χ0n) is 11.5. The molecule has 0 bridgehead atoms. The summed E-state index contributed by atoms with van der Waals surface area (Å²) < 4.78 is 5.62. The molecule has 3 atom stereocenters. The van der Waals surface area contributed by atoms with Crippen LogP contribution in [0.25, 0.3) is 0 Å². The minimum Gasteiger partial charge on any atom is -0.376 e. The van der Waals surface area contributed by atoms with E-state index in [9.17, 15) is 0 Å². The lowest BCUT2D eigenvalue weighted by Crippen LogP contribution is -2.46. The molecular weight excluding hydrogens is 212 g/mol. The second-order valence-electron chi connectivity index (χ2n) is 5.73. The molecule has 3 nitrogen and oxygen atoms in total. The number of rotatable bonds is 3. The van der Waals surface area contributed by atoms with E-state index < -0.39 is 0 Å². The molecule has 3 heteroatoms. The molecule has 1 saturated heterocycles. The Hall–Kier alpha value is -0.120. The Morgan fingerprint density at radius 1 is 1.24 bits per heavy atom. The van der Waals surface area contributed by atoms with Gasteiger partial charge in [-0.05, 0) is 32.7 Å². The molecule has 2 aliphatic rings. The zero-order valence-corrected chi connectivity index (χ0v) is 11.5. The van der Waals surface area contributed by atoms with Crippen LogP contribution >= 0.6 is 0 Å². The monoisotopic (exact) mass is 240 g/mol. The normalized spacial score (nSPS) is 36.7. The molecule has 1 heterocycles. The summed E-state index contributed by atoms with van der Waals surface area (Å²) in [4.78, 5) is 2.61. The van der Waals surface area contributed by atoms with E-state index in [1.165, 1.54) is 38.6 Å². The fourth-order valence-electron chi connectivity index (χ4n) is 3.37. The lowest BCUT2D eigenvalue weighted by Gasteiger charge is -2.35. The lowest BCUT2D eigenvalue weighted by molar-refractivity contribution is -0.0250. The third-order valence-corrected chi connectivity index (χ3v) is 4.35. The molecule has 0 amide bonds. The van der Waals surface area contributed by atoms with Crippen molar-refractivity contribution in [3.63, 3.8) is 0 Å². The van der Waals surface area contributed by atoms with E-state index in [0.717, 1.165) is 31.7 Å². The van der Waals surface area contributed by atoms with Crippen molar-refractivity contribution in [3.05, 3.63) is 0 Å². The molecule has 1 aliphatic heterocycles. The third-order valence-electron chi connectivity index (χ3n) is 4.35. The SMILES string of the molecule is CNC1CCCCCC1CN1CCOC(C)C1. The van der Waals surface area contributed by atoms with Gasteiger partial charge in [0.25, 0.3) is 0 Å². The van der Waals surface area contributed by atoms with Crippen LogP contribution < -0.4 is 5.32 Å². The van der Waals surface area contributed by atoms with Gasteiger partial charge in [0.1, 0.15) is 0 Å². The van der Waals surface area contributed by atoms with Crippen molar-refractivity contribution < 1.29 is 4.74 Å². The van der Waals surface area contributed by atoms with Crippen LogP contribution in [0.1, 0.15) is 39.0 Å². The first kappa shape index (κ1) is 13.3. The fourth-order valence-corrected chi connectivity index (χ4v) is 3.37. The maximum atomic E-state index is 5.62. The Morgan fingerprint density at radius 3 is 2.82 bits per heavy atom.